The van der Waals surface area contributed by atoms with E-state index in [-0.39, 0.29) is 0 Å². The van der Waals surface area contributed by atoms with Gasteiger partial charge in [-0.05, 0) is 31.6 Å². The van der Waals surface area contributed by atoms with Crippen molar-refractivity contribution in [3.8, 4) is 0 Å². The molecule has 4 heteroatoms. The van der Waals surface area contributed by atoms with Crippen LogP contribution in [0.15, 0.2) is 23.1 Å². The molecular weight excluding hydrogens is 244 g/mol. The van der Waals surface area contributed by atoms with E-state index < -0.39 is 10.8 Å². The van der Waals surface area contributed by atoms with E-state index in [1.165, 1.54) is 24.2 Å². The van der Waals surface area contributed by atoms with Crippen molar-refractivity contribution in [1.82, 2.24) is 4.90 Å². The highest BCUT2D eigenvalue weighted by Gasteiger charge is 2.44. The molecule has 1 saturated heterocycles. The quantitative estimate of drug-likeness (QED) is 0.706. The maximum Gasteiger partial charge on any atom is 0.0625 e. The van der Waals surface area contributed by atoms with Gasteiger partial charge >= 0.3 is 0 Å². The molecule has 1 unspecified atom stereocenters. The van der Waals surface area contributed by atoms with Gasteiger partial charge in [0.25, 0.3) is 0 Å². The molecule has 1 fully saturated rings. The summed E-state index contributed by atoms with van der Waals surface area (Å²) in [5, 5.41) is 0. The van der Waals surface area contributed by atoms with Gasteiger partial charge in [0.15, 0.2) is 0 Å². The third kappa shape index (κ3) is 1.36. The number of likely N-dealkylation sites (N-methyl/N-ethyl adjacent to an activating group) is 1. The highest BCUT2D eigenvalue weighted by atomic mass is 32.2. The van der Waals surface area contributed by atoms with Crippen molar-refractivity contribution in [3.63, 3.8) is 0 Å². The van der Waals surface area contributed by atoms with E-state index in [1.54, 1.807) is 0 Å². The number of anilines is 1. The first kappa shape index (κ1) is 11.0. The first-order valence-electron chi connectivity index (χ1n) is 6.72. The second-order valence-corrected chi connectivity index (χ2v) is 7.20. The Bertz CT molecular complexity index is 531. The number of rotatable bonds is 0. The van der Waals surface area contributed by atoms with Gasteiger partial charge in [0.1, 0.15) is 0 Å². The molecule has 3 aliphatic rings. The number of piperidine rings is 1. The van der Waals surface area contributed by atoms with E-state index in [0.717, 1.165) is 23.7 Å². The van der Waals surface area contributed by atoms with E-state index in [2.05, 4.69) is 35.0 Å². The molecule has 0 amide bonds. The van der Waals surface area contributed by atoms with Crippen LogP contribution in [-0.4, -0.2) is 47.6 Å². The van der Waals surface area contributed by atoms with Gasteiger partial charge in [0, 0.05) is 30.8 Å². The monoisotopic (exact) mass is 262 g/mol. The van der Waals surface area contributed by atoms with Gasteiger partial charge in [-0.1, -0.05) is 12.1 Å². The molecule has 0 radical (unpaired) electrons. The SMILES string of the molecule is CN1CC[C@H]2[C@@H](C1)c1cccc3c1N2CCS3=O. The van der Waals surface area contributed by atoms with Crippen LogP contribution in [0, 0.1) is 0 Å². The Kier molecular flexibility index (Phi) is 2.33. The summed E-state index contributed by atoms with van der Waals surface area (Å²) in [6.45, 7) is 3.30. The second-order valence-electron chi connectivity index (χ2n) is 5.66. The molecule has 96 valence electrons. The van der Waals surface area contributed by atoms with Crippen molar-refractivity contribution in [2.75, 3.05) is 37.3 Å². The fourth-order valence-corrected chi connectivity index (χ4v) is 5.11. The first-order valence-corrected chi connectivity index (χ1v) is 8.04. The zero-order valence-electron chi connectivity index (χ0n) is 10.6. The summed E-state index contributed by atoms with van der Waals surface area (Å²) in [6.07, 6.45) is 1.24. The van der Waals surface area contributed by atoms with E-state index in [4.69, 9.17) is 0 Å². The lowest BCUT2D eigenvalue weighted by Crippen LogP contribution is -2.46. The Morgan fingerprint density at radius 2 is 2.22 bits per heavy atom. The van der Waals surface area contributed by atoms with E-state index in [0.29, 0.717) is 12.0 Å². The van der Waals surface area contributed by atoms with Crippen LogP contribution < -0.4 is 4.90 Å². The predicted octanol–water partition coefficient (Wildman–Crippen LogP) is 1.42. The molecule has 0 aliphatic carbocycles. The average Bonchev–Trinajstić information content (AvgIpc) is 2.69. The van der Waals surface area contributed by atoms with E-state index in [1.807, 2.05) is 0 Å². The van der Waals surface area contributed by atoms with Crippen molar-refractivity contribution < 1.29 is 4.21 Å². The minimum absolute atomic E-state index is 0.619. The number of likely N-dealkylation sites (tertiary alicyclic amines) is 1. The van der Waals surface area contributed by atoms with Crippen LogP contribution in [0.1, 0.15) is 17.9 Å². The Hall–Kier alpha value is -0.870. The van der Waals surface area contributed by atoms with Crippen LogP contribution in [0.2, 0.25) is 0 Å². The molecule has 0 spiro atoms. The molecule has 0 aromatic heterocycles. The fourth-order valence-electron chi connectivity index (χ4n) is 3.85. The predicted molar refractivity (Wildman–Crippen MR) is 73.7 cm³/mol. The summed E-state index contributed by atoms with van der Waals surface area (Å²) < 4.78 is 12.2. The number of hydrogen-bond acceptors (Lipinski definition) is 3. The molecule has 0 saturated carbocycles. The van der Waals surface area contributed by atoms with Gasteiger partial charge in [-0.3, -0.25) is 4.21 Å². The van der Waals surface area contributed by atoms with Crippen molar-refractivity contribution >= 4 is 16.5 Å². The van der Waals surface area contributed by atoms with Crippen LogP contribution in [-0.2, 0) is 10.8 Å². The third-order valence-electron chi connectivity index (χ3n) is 4.66. The molecule has 3 nitrogen and oxygen atoms in total. The zero-order chi connectivity index (χ0) is 12.3. The summed E-state index contributed by atoms with van der Waals surface area (Å²) in [7, 11) is 1.42. The number of hydrogen-bond donors (Lipinski definition) is 0. The highest BCUT2D eigenvalue weighted by molar-refractivity contribution is 7.85. The average molecular weight is 262 g/mol. The molecule has 0 N–H and O–H groups in total. The minimum atomic E-state index is -0.784. The molecule has 4 rings (SSSR count). The largest absolute Gasteiger partial charge is 0.366 e. The van der Waals surface area contributed by atoms with Crippen molar-refractivity contribution in [1.29, 1.82) is 0 Å². The maximum absolute atomic E-state index is 12.2. The molecule has 1 aromatic carbocycles. The normalized spacial score (nSPS) is 34.3. The van der Waals surface area contributed by atoms with Crippen LogP contribution in [0.25, 0.3) is 0 Å². The molecule has 18 heavy (non-hydrogen) atoms. The van der Waals surface area contributed by atoms with Crippen molar-refractivity contribution in [2.45, 2.75) is 23.3 Å². The molecular formula is C14H18N2OS. The summed E-state index contributed by atoms with van der Waals surface area (Å²) >= 11 is 0. The van der Waals surface area contributed by atoms with E-state index in [9.17, 15) is 4.21 Å². The Balaban J connectivity index is 1.88. The van der Waals surface area contributed by atoms with E-state index >= 15 is 0 Å². The smallest absolute Gasteiger partial charge is 0.0625 e. The summed E-state index contributed by atoms with van der Waals surface area (Å²) in [6, 6.07) is 7.04. The standard InChI is InChI=1S/C14H18N2OS/c1-15-6-5-12-11(9-15)10-3-2-4-13-14(10)16(12)7-8-18(13)17/h2-4,11-12H,5-9H2,1H3/t11-,12-,18?/m0/s1. The number of benzene rings is 1. The summed E-state index contributed by atoms with van der Waals surface area (Å²) in [5.74, 6) is 1.42. The topological polar surface area (TPSA) is 23.6 Å². The Morgan fingerprint density at radius 3 is 3.11 bits per heavy atom. The number of fused-ring (bicyclic) bond motifs is 3. The Labute approximate surface area is 110 Å². The lowest BCUT2D eigenvalue weighted by atomic mass is 9.89. The fraction of sp³-hybridized carbons (Fsp3) is 0.571. The van der Waals surface area contributed by atoms with Crippen LogP contribution in [0.5, 0.6) is 0 Å². The van der Waals surface area contributed by atoms with Gasteiger partial charge < -0.3 is 9.80 Å². The van der Waals surface area contributed by atoms with Gasteiger partial charge in [0.2, 0.25) is 0 Å². The molecule has 1 aromatic rings. The first-order chi connectivity index (χ1) is 8.75. The molecule has 0 bridgehead atoms. The van der Waals surface area contributed by atoms with Gasteiger partial charge in [0.05, 0.1) is 21.4 Å². The van der Waals surface area contributed by atoms with Gasteiger partial charge in [-0.15, -0.1) is 0 Å². The second kappa shape index (κ2) is 3.81. The number of nitrogens with zero attached hydrogens (tertiary/aromatic N) is 2. The third-order valence-corrected chi connectivity index (χ3v) is 6.03. The lowest BCUT2D eigenvalue weighted by Gasteiger charge is -2.38. The van der Waals surface area contributed by atoms with Crippen LogP contribution in [0.3, 0.4) is 0 Å². The summed E-state index contributed by atoms with van der Waals surface area (Å²) in [4.78, 5) is 6.05. The highest BCUT2D eigenvalue weighted by Crippen LogP contribution is 2.48. The number of para-hydroxylation sites is 1. The maximum atomic E-state index is 12.2. The van der Waals surface area contributed by atoms with Gasteiger partial charge in [-0.25, -0.2) is 0 Å². The van der Waals surface area contributed by atoms with Crippen LogP contribution >= 0.6 is 0 Å². The Morgan fingerprint density at radius 1 is 1.33 bits per heavy atom. The van der Waals surface area contributed by atoms with Crippen LogP contribution in [0.4, 0.5) is 5.69 Å². The molecule has 3 atom stereocenters. The zero-order valence-corrected chi connectivity index (χ0v) is 11.4. The lowest BCUT2D eigenvalue weighted by molar-refractivity contribution is 0.232. The minimum Gasteiger partial charge on any atom is -0.366 e. The molecule has 3 aliphatic heterocycles. The summed E-state index contributed by atoms with van der Waals surface area (Å²) in [5.41, 5.74) is 2.75. The van der Waals surface area contributed by atoms with Crippen molar-refractivity contribution in [3.05, 3.63) is 23.8 Å². The van der Waals surface area contributed by atoms with Crippen molar-refractivity contribution in [2.24, 2.45) is 0 Å². The van der Waals surface area contributed by atoms with Gasteiger partial charge in [-0.2, -0.15) is 0 Å². The molecule has 3 heterocycles.